The number of imide groups is 1. The molecule has 25 heavy (non-hydrogen) atoms. The molecule has 136 valence electrons. The summed E-state index contributed by atoms with van der Waals surface area (Å²) in [5.74, 6) is -0.310. The van der Waals surface area contributed by atoms with Gasteiger partial charge in [0, 0.05) is 0 Å². The molecule has 1 saturated heterocycles. The molecule has 0 bridgehead atoms. The first-order valence-corrected chi connectivity index (χ1v) is 11.4. The van der Waals surface area contributed by atoms with Gasteiger partial charge in [-0.15, -0.1) is 0 Å². The molecule has 0 radical (unpaired) electrons. The van der Waals surface area contributed by atoms with Gasteiger partial charge in [0.15, 0.2) is 14.4 Å². The van der Waals surface area contributed by atoms with Gasteiger partial charge in [0.25, 0.3) is 5.91 Å². The molecule has 1 aromatic carbocycles. The Morgan fingerprint density at radius 2 is 1.80 bits per heavy atom. The van der Waals surface area contributed by atoms with Crippen LogP contribution in [0.25, 0.3) is 0 Å². The van der Waals surface area contributed by atoms with E-state index in [0.29, 0.717) is 0 Å². The fourth-order valence-electron chi connectivity index (χ4n) is 3.22. The van der Waals surface area contributed by atoms with Gasteiger partial charge in [0.2, 0.25) is 0 Å². The average Bonchev–Trinajstić information content (AvgIpc) is 2.66. The minimum absolute atomic E-state index is 0.0766. The summed E-state index contributed by atoms with van der Waals surface area (Å²) in [5, 5.41) is 0. The molecule has 2 atom stereocenters. The lowest BCUT2D eigenvalue weighted by Gasteiger charge is -2.48. The molecule has 2 amide bonds. The van der Waals surface area contributed by atoms with E-state index in [1.165, 1.54) is 11.0 Å². The van der Waals surface area contributed by atoms with Gasteiger partial charge in [-0.2, -0.15) is 0 Å². The predicted octanol–water partition coefficient (Wildman–Crippen LogP) is 4.28. The highest BCUT2D eigenvalue weighted by atomic mass is 28.4. The molecular formula is C19H27NO4Si. The Labute approximate surface area is 150 Å². The zero-order valence-electron chi connectivity index (χ0n) is 15.2. The monoisotopic (exact) mass is 361 g/mol. The average molecular weight is 362 g/mol. The number of rotatable bonds is 8. The van der Waals surface area contributed by atoms with Crippen molar-refractivity contribution in [3.63, 3.8) is 0 Å². The zero-order valence-corrected chi connectivity index (χ0v) is 16.2. The maximum absolute atomic E-state index is 12.7. The molecule has 1 heterocycles. The highest BCUT2D eigenvalue weighted by Crippen LogP contribution is 2.40. The van der Waals surface area contributed by atoms with Crippen LogP contribution in [-0.2, 0) is 14.0 Å². The smallest absolute Gasteiger partial charge is 0.417 e. The zero-order chi connectivity index (χ0) is 18.4. The standard InChI is InChI=1S/C19H27NO4Si/c1-5-14-23-19(22)20-16(15-12-10-9-11-13-15)17(18(20)21)24-25(6-2,7-3)8-4/h5,9-13,16-17H,1,6-8,14H2,2-4H3. The Morgan fingerprint density at radius 3 is 2.32 bits per heavy atom. The van der Waals surface area contributed by atoms with E-state index in [4.69, 9.17) is 9.16 Å². The number of β-lactam (4-membered cyclic amide) rings is 1. The summed E-state index contributed by atoms with van der Waals surface area (Å²) in [6.45, 7) is 9.97. The second-order valence-corrected chi connectivity index (χ2v) is 10.9. The number of benzene rings is 1. The Hall–Kier alpha value is -1.92. The van der Waals surface area contributed by atoms with Crippen molar-refractivity contribution < 1.29 is 18.8 Å². The Morgan fingerprint density at radius 1 is 1.20 bits per heavy atom. The molecule has 2 rings (SSSR count). The summed E-state index contributed by atoms with van der Waals surface area (Å²) < 4.78 is 11.5. The van der Waals surface area contributed by atoms with Crippen molar-refractivity contribution in [2.24, 2.45) is 0 Å². The topological polar surface area (TPSA) is 55.8 Å². The van der Waals surface area contributed by atoms with Crippen molar-refractivity contribution in [3.8, 4) is 0 Å². The van der Waals surface area contributed by atoms with E-state index < -0.39 is 26.6 Å². The van der Waals surface area contributed by atoms with Gasteiger partial charge in [0.1, 0.15) is 12.6 Å². The molecular weight excluding hydrogens is 334 g/mol. The molecule has 0 saturated carbocycles. The van der Waals surface area contributed by atoms with Crippen LogP contribution in [-0.4, -0.2) is 37.9 Å². The largest absolute Gasteiger partial charge is 0.445 e. The van der Waals surface area contributed by atoms with Crippen LogP contribution in [0.2, 0.25) is 18.1 Å². The second kappa shape index (κ2) is 8.45. The normalized spacial score (nSPS) is 20.1. The molecule has 0 N–H and O–H groups in total. The molecule has 1 aliphatic rings. The van der Waals surface area contributed by atoms with Gasteiger partial charge in [-0.3, -0.25) is 4.79 Å². The molecule has 0 aliphatic carbocycles. The van der Waals surface area contributed by atoms with Crippen LogP contribution in [0.3, 0.4) is 0 Å². The number of amides is 2. The lowest BCUT2D eigenvalue weighted by atomic mass is 9.91. The number of nitrogens with zero attached hydrogens (tertiary/aromatic N) is 1. The van der Waals surface area contributed by atoms with Crippen LogP contribution < -0.4 is 0 Å². The number of likely N-dealkylation sites (tertiary alicyclic amines) is 1. The molecule has 0 aromatic heterocycles. The number of carbonyl (C=O) groups is 2. The highest BCUT2D eigenvalue weighted by molar-refractivity contribution is 6.73. The van der Waals surface area contributed by atoms with E-state index in [0.717, 1.165) is 23.7 Å². The minimum Gasteiger partial charge on any atom is -0.445 e. The summed E-state index contributed by atoms with van der Waals surface area (Å²) in [4.78, 5) is 26.1. The van der Waals surface area contributed by atoms with Crippen molar-refractivity contribution in [2.45, 2.75) is 51.0 Å². The molecule has 1 aromatic rings. The van der Waals surface area contributed by atoms with E-state index in [1.807, 2.05) is 30.3 Å². The fraction of sp³-hybridized carbons (Fsp3) is 0.474. The first kappa shape index (κ1) is 19.4. The number of carbonyl (C=O) groups excluding carboxylic acids is 2. The lowest BCUT2D eigenvalue weighted by Crippen LogP contribution is -2.64. The Balaban J connectivity index is 2.28. The van der Waals surface area contributed by atoms with Crippen LogP contribution in [0.1, 0.15) is 32.4 Å². The molecule has 0 spiro atoms. The number of ether oxygens (including phenoxy) is 1. The highest BCUT2D eigenvalue weighted by Gasteiger charge is 2.55. The van der Waals surface area contributed by atoms with Gasteiger partial charge in [0.05, 0.1) is 0 Å². The molecule has 1 fully saturated rings. The van der Waals surface area contributed by atoms with E-state index in [2.05, 4.69) is 27.4 Å². The van der Waals surface area contributed by atoms with Gasteiger partial charge < -0.3 is 9.16 Å². The fourth-order valence-corrected chi connectivity index (χ4v) is 5.99. The Kier molecular flexibility index (Phi) is 6.55. The van der Waals surface area contributed by atoms with Gasteiger partial charge in [-0.05, 0) is 23.7 Å². The third-order valence-corrected chi connectivity index (χ3v) is 9.64. The number of hydrogen-bond donors (Lipinski definition) is 0. The second-order valence-electron chi connectivity index (χ2n) is 6.21. The Bertz CT molecular complexity index is 607. The maximum Gasteiger partial charge on any atom is 0.417 e. The molecule has 2 unspecified atom stereocenters. The van der Waals surface area contributed by atoms with E-state index in [-0.39, 0.29) is 12.5 Å². The van der Waals surface area contributed by atoms with Crippen LogP contribution in [0.4, 0.5) is 4.79 Å². The minimum atomic E-state index is -1.97. The summed E-state index contributed by atoms with van der Waals surface area (Å²) >= 11 is 0. The van der Waals surface area contributed by atoms with Crippen molar-refractivity contribution in [1.82, 2.24) is 4.90 Å². The molecule has 6 heteroatoms. The number of hydrogen-bond acceptors (Lipinski definition) is 4. The summed E-state index contributed by atoms with van der Waals surface area (Å²) in [6, 6.07) is 11.9. The van der Waals surface area contributed by atoms with Gasteiger partial charge >= 0.3 is 6.09 Å². The van der Waals surface area contributed by atoms with Crippen LogP contribution in [0.15, 0.2) is 43.0 Å². The predicted molar refractivity (Wildman–Crippen MR) is 99.6 cm³/mol. The van der Waals surface area contributed by atoms with E-state index in [9.17, 15) is 9.59 Å². The third kappa shape index (κ3) is 3.85. The maximum atomic E-state index is 12.7. The molecule has 1 aliphatic heterocycles. The van der Waals surface area contributed by atoms with Crippen LogP contribution in [0, 0.1) is 0 Å². The van der Waals surface area contributed by atoms with Crippen molar-refractivity contribution >= 4 is 20.3 Å². The van der Waals surface area contributed by atoms with Gasteiger partial charge in [-0.25, -0.2) is 9.69 Å². The van der Waals surface area contributed by atoms with Crippen molar-refractivity contribution in [1.29, 1.82) is 0 Å². The van der Waals surface area contributed by atoms with Crippen molar-refractivity contribution in [2.75, 3.05) is 6.61 Å². The van der Waals surface area contributed by atoms with Crippen LogP contribution >= 0.6 is 0 Å². The summed E-state index contributed by atoms with van der Waals surface area (Å²) in [6.07, 6.45) is 0.234. The summed E-state index contributed by atoms with van der Waals surface area (Å²) in [7, 11) is -1.97. The van der Waals surface area contributed by atoms with E-state index >= 15 is 0 Å². The van der Waals surface area contributed by atoms with Crippen LogP contribution in [0.5, 0.6) is 0 Å². The molecule has 5 nitrogen and oxygen atoms in total. The third-order valence-electron chi connectivity index (χ3n) is 5.02. The first-order valence-electron chi connectivity index (χ1n) is 8.87. The van der Waals surface area contributed by atoms with Gasteiger partial charge in [-0.1, -0.05) is 63.8 Å². The summed E-state index contributed by atoms with van der Waals surface area (Å²) in [5.41, 5.74) is 0.883. The first-order chi connectivity index (χ1) is 12.0. The van der Waals surface area contributed by atoms with Crippen molar-refractivity contribution in [3.05, 3.63) is 48.6 Å². The quantitative estimate of drug-likeness (QED) is 0.394. The lowest BCUT2D eigenvalue weighted by molar-refractivity contribution is -0.160. The van der Waals surface area contributed by atoms with E-state index in [1.54, 1.807) is 0 Å². The SMILES string of the molecule is C=CCOC(=O)N1C(=O)C(O[Si](CC)(CC)CC)C1c1ccccc1.